The van der Waals surface area contributed by atoms with Crippen LogP contribution in [0, 0.1) is 5.82 Å². The first-order valence-corrected chi connectivity index (χ1v) is 6.57. The number of carbonyl (C=O) groups excluding carboxylic acids is 1. The average molecular weight is 354 g/mol. The molecular formula is C13H11F5N2O4. The van der Waals surface area contributed by atoms with E-state index in [0.29, 0.717) is 11.0 Å². The third-order valence-electron chi connectivity index (χ3n) is 3.25. The normalized spacial score (nSPS) is 20.8. The highest BCUT2D eigenvalue weighted by Gasteiger charge is 2.40. The first-order valence-electron chi connectivity index (χ1n) is 6.57. The van der Waals surface area contributed by atoms with Gasteiger partial charge in [-0.2, -0.15) is 0 Å². The Balaban J connectivity index is 2.17. The number of hydrogen-bond donors (Lipinski definition) is 2. The lowest BCUT2D eigenvalue weighted by Gasteiger charge is -2.20. The number of hydrogen-bond acceptors (Lipinski definition) is 3. The second-order valence-electron chi connectivity index (χ2n) is 4.94. The fourth-order valence-electron chi connectivity index (χ4n) is 2.27. The third-order valence-corrected chi connectivity index (χ3v) is 3.25. The van der Waals surface area contributed by atoms with Gasteiger partial charge in [-0.05, 0) is 12.1 Å². The Morgan fingerprint density at radius 1 is 1.33 bits per heavy atom. The van der Waals surface area contributed by atoms with Gasteiger partial charge in [-0.25, -0.2) is 13.6 Å². The molecule has 1 aliphatic rings. The molecule has 2 atom stereocenters. The molecule has 0 spiro atoms. The molecule has 1 aromatic carbocycles. The first-order chi connectivity index (χ1) is 11.1. The van der Waals surface area contributed by atoms with E-state index in [1.807, 2.05) is 5.32 Å². The summed E-state index contributed by atoms with van der Waals surface area (Å²) < 4.78 is 67.2. The summed E-state index contributed by atoms with van der Waals surface area (Å²) in [6.07, 6.45) is -8.67. The van der Waals surface area contributed by atoms with Crippen LogP contribution >= 0.6 is 0 Å². The molecule has 1 aromatic rings. The molecule has 1 heterocycles. The molecule has 11 heteroatoms. The molecule has 0 unspecified atom stereocenters. The number of nitrogens with one attached hydrogen (secondary N) is 1. The van der Waals surface area contributed by atoms with Gasteiger partial charge in [-0.1, -0.05) is 6.07 Å². The van der Waals surface area contributed by atoms with Crippen molar-refractivity contribution in [2.75, 3.05) is 11.9 Å². The van der Waals surface area contributed by atoms with Crippen LogP contribution in [-0.4, -0.2) is 47.1 Å². The van der Waals surface area contributed by atoms with E-state index in [1.54, 1.807) is 0 Å². The molecule has 1 aliphatic heterocycles. The van der Waals surface area contributed by atoms with Gasteiger partial charge < -0.3 is 15.2 Å². The van der Waals surface area contributed by atoms with Gasteiger partial charge in [0.2, 0.25) is 5.91 Å². The van der Waals surface area contributed by atoms with E-state index < -0.39 is 60.8 Å². The monoisotopic (exact) mass is 354 g/mol. The smallest absolute Gasteiger partial charge is 0.465 e. The lowest BCUT2D eigenvalue weighted by atomic mass is 10.2. The zero-order chi connectivity index (χ0) is 18.1. The molecular weight excluding hydrogens is 343 g/mol. The fraction of sp³-hybridized carbons (Fsp3) is 0.385. The number of likely N-dealkylation sites (tertiary alicyclic amines) is 1. The van der Waals surface area contributed by atoms with E-state index >= 15 is 0 Å². The quantitative estimate of drug-likeness (QED) is 0.818. The summed E-state index contributed by atoms with van der Waals surface area (Å²) in [7, 11) is 0. The molecule has 132 valence electrons. The molecule has 0 saturated carbocycles. The zero-order valence-electron chi connectivity index (χ0n) is 11.8. The number of alkyl halides is 4. The number of carboxylic acid groups (broad SMARTS) is 1. The summed E-state index contributed by atoms with van der Waals surface area (Å²) in [5.41, 5.74) is -0.644. The van der Waals surface area contributed by atoms with Crippen LogP contribution in [0.2, 0.25) is 0 Å². The minimum absolute atomic E-state index is 0.432. The molecule has 0 aromatic heterocycles. The summed E-state index contributed by atoms with van der Waals surface area (Å²) in [5.74, 6) is -3.70. The van der Waals surface area contributed by atoms with Crippen molar-refractivity contribution in [1.29, 1.82) is 0 Å². The summed E-state index contributed by atoms with van der Waals surface area (Å²) in [5, 5.41) is 10.9. The first kappa shape index (κ1) is 17.8. The molecule has 2 amide bonds. The Morgan fingerprint density at radius 3 is 2.58 bits per heavy atom. The number of halogens is 5. The van der Waals surface area contributed by atoms with Gasteiger partial charge >= 0.3 is 12.5 Å². The number of rotatable bonds is 3. The number of benzene rings is 1. The Labute approximate surface area is 131 Å². The number of amides is 2. The third kappa shape index (κ3) is 4.03. The van der Waals surface area contributed by atoms with Crippen molar-refractivity contribution < 1.29 is 41.4 Å². The van der Waals surface area contributed by atoms with Crippen LogP contribution in [0.5, 0.6) is 5.75 Å². The topological polar surface area (TPSA) is 78.9 Å². The lowest BCUT2D eigenvalue weighted by molar-refractivity contribution is -0.275. The lowest BCUT2D eigenvalue weighted by Crippen LogP contribution is -2.42. The van der Waals surface area contributed by atoms with Crippen molar-refractivity contribution in [3.63, 3.8) is 0 Å². The van der Waals surface area contributed by atoms with E-state index in [4.69, 9.17) is 5.11 Å². The van der Waals surface area contributed by atoms with Crippen LogP contribution in [0.25, 0.3) is 0 Å². The van der Waals surface area contributed by atoms with Crippen LogP contribution < -0.4 is 10.1 Å². The maximum Gasteiger partial charge on any atom is 0.573 e. The highest BCUT2D eigenvalue weighted by atomic mass is 19.4. The molecule has 1 fully saturated rings. The number of anilines is 1. The van der Waals surface area contributed by atoms with E-state index in [1.165, 1.54) is 0 Å². The van der Waals surface area contributed by atoms with Crippen LogP contribution in [-0.2, 0) is 4.79 Å². The standard InChI is InChI=1S/C13H11F5N2O4/c14-6-4-8(20(5-6)12(22)23)11(21)19-7-2-1-3-9(10(7)15)24-13(16,17)18/h1-3,6,8H,4-5H2,(H,19,21)(H,22,23)/t6-,8+/m1/s1. The Hall–Kier alpha value is -2.59. The minimum atomic E-state index is -5.13. The van der Waals surface area contributed by atoms with Crippen molar-refractivity contribution in [3.05, 3.63) is 24.0 Å². The Kier molecular flexibility index (Phi) is 4.81. The van der Waals surface area contributed by atoms with Crippen LogP contribution in [0.3, 0.4) is 0 Å². The molecule has 6 nitrogen and oxygen atoms in total. The minimum Gasteiger partial charge on any atom is -0.465 e. The summed E-state index contributed by atoms with van der Waals surface area (Å²) in [6, 6.07) is 1.25. The van der Waals surface area contributed by atoms with Gasteiger partial charge in [-0.15, -0.1) is 13.2 Å². The number of nitrogens with zero attached hydrogens (tertiary/aromatic N) is 1. The second-order valence-corrected chi connectivity index (χ2v) is 4.94. The molecule has 0 aliphatic carbocycles. The molecule has 0 radical (unpaired) electrons. The van der Waals surface area contributed by atoms with Crippen molar-refractivity contribution >= 4 is 17.7 Å². The highest BCUT2D eigenvalue weighted by molar-refractivity contribution is 5.97. The van der Waals surface area contributed by atoms with E-state index in [0.717, 1.165) is 12.1 Å². The fourth-order valence-corrected chi connectivity index (χ4v) is 2.27. The largest absolute Gasteiger partial charge is 0.573 e. The summed E-state index contributed by atoms with van der Waals surface area (Å²) in [6.45, 7) is -0.521. The predicted molar refractivity (Wildman–Crippen MR) is 69.7 cm³/mol. The molecule has 2 N–H and O–H groups in total. The maximum absolute atomic E-state index is 13.9. The average Bonchev–Trinajstić information content (AvgIpc) is 2.84. The van der Waals surface area contributed by atoms with E-state index in [9.17, 15) is 31.5 Å². The molecule has 1 saturated heterocycles. The second kappa shape index (κ2) is 6.49. The van der Waals surface area contributed by atoms with Crippen LogP contribution in [0.4, 0.5) is 32.4 Å². The summed E-state index contributed by atoms with van der Waals surface area (Å²) >= 11 is 0. The van der Waals surface area contributed by atoms with Gasteiger partial charge in [0, 0.05) is 6.42 Å². The Bertz CT molecular complexity index is 652. The van der Waals surface area contributed by atoms with E-state index in [2.05, 4.69) is 4.74 Å². The molecule has 0 bridgehead atoms. The van der Waals surface area contributed by atoms with Crippen molar-refractivity contribution in [2.45, 2.75) is 25.0 Å². The van der Waals surface area contributed by atoms with Crippen LogP contribution in [0.1, 0.15) is 6.42 Å². The zero-order valence-corrected chi connectivity index (χ0v) is 11.8. The summed E-state index contributed by atoms with van der Waals surface area (Å²) in [4.78, 5) is 23.5. The predicted octanol–water partition coefficient (Wildman–Crippen LogP) is 2.75. The molecule has 2 rings (SSSR count). The van der Waals surface area contributed by atoms with Crippen molar-refractivity contribution in [2.24, 2.45) is 0 Å². The highest BCUT2D eigenvalue weighted by Crippen LogP contribution is 2.30. The molecule has 24 heavy (non-hydrogen) atoms. The SMILES string of the molecule is O=C(Nc1cccc(OC(F)(F)F)c1F)[C@@H]1C[C@@H](F)CN1C(=O)O. The van der Waals surface area contributed by atoms with Gasteiger partial charge in [0.15, 0.2) is 11.6 Å². The van der Waals surface area contributed by atoms with Gasteiger partial charge in [-0.3, -0.25) is 9.69 Å². The van der Waals surface area contributed by atoms with Gasteiger partial charge in [0.05, 0.1) is 12.2 Å². The maximum atomic E-state index is 13.9. The van der Waals surface area contributed by atoms with Gasteiger partial charge in [0.1, 0.15) is 12.2 Å². The van der Waals surface area contributed by atoms with Gasteiger partial charge in [0.25, 0.3) is 0 Å². The van der Waals surface area contributed by atoms with Crippen LogP contribution in [0.15, 0.2) is 18.2 Å². The van der Waals surface area contributed by atoms with E-state index in [-0.39, 0.29) is 0 Å². The number of ether oxygens (including phenoxy) is 1. The van der Waals surface area contributed by atoms with Crippen molar-refractivity contribution in [3.8, 4) is 5.75 Å². The number of carbonyl (C=O) groups is 2. The Morgan fingerprint density at radius 2 is 2.00 bits per heavy atom. The van der Waals surface area contributed by atoms with Crippen molar-refractivity contribution in [1.82, 2.24) is 4.90 Å².